The topological polar surface area (TPSA) is 43.8 Å². The van der Waals surface area contributed by atoms with Gasteiger partial charge in [-0.05, 0) is 42.3 Å². The standard InChI is InChI=1S/C28H28N2O2/c1-22-20-30(19-18-29(22)21-27(31)32)28(25-10-6-3-7-11-25)26-16-14-24(15-17-26)13-12-23-8-4-2-5-9-23/h2-11,14-17,22,28H,18-21H2,1H3,(H,31,32)/t22-,28-/m1/s1. The SMILES string of the molecule is C[C@@H]1CN([C@H](c2ccccc2)c2ccc(C#Cc3ccccc3)cc2)CCN1CC(=O)O. The predicted octanol–water partition coefficient (Wildman–Crippen LogP) is 4.27. The van der Waals surface area contributed by atoms with Crippen LogP contribution in [0, 0.1) is 11.8 Å². The van der Waals surface area contributed by atoms with Gasteiger partial charge in [-0.3, -0.25) is 14.6 Å². The molecule has 0 spiro atoms. The first-order valence-electron chi connectivity index (χ1n) is 11.0. The van der Waals surface area contributed by atoms with Gasteiger partial charge in [0.05, 0.1) is 12.6 Å². The van der Waals surface area contributed by atoms with Gasteiger partial charge in [-0.2, -0.15) is 0 Å². The third kappa shape index (κ3) is 5.45. The molecule has 1 fully saturated rings. The summed E-state index contributed by atoms with van der Waals surface area (Å²) in [6.45, 7) is 4.60. The Balaban J connectivity index is 1.57. The highest BCUT2D eigenvalue weighted by atomic mass is 16.4. The molecule has 0 saturated carbocycles. The van der Waals surface area contributed by atoms with Gasteiger partial charge in [-0.25, -0.2) is 0 Å². The molecule has 3 aromatic carbocycles. The summed E-state index contributed by atoms with van der Waals surface area (Å²) in [5.41, 5.74) is 4.46. The van der Waals surface area contributed by atoms with E-state index >= 15 is 0 Å². The number of rotatable bonds is 5. The van der Waals surface area contributed by atoms with Crippen molar-refractivity contribution >= 4 is 5.97 Å². The molecule has 1 N–H and O–H groups in total. The molecule has 0 bridgehead atoms. The summed E-state index contributed by atoms with van der Waals surface area (Å²) >= 11 is 0. The molecule has 1 aliphatic heterocycles. The van der Waals surface area contributed by atoms with Crippen molar-refractivity contribution in [1.29, 1.82) is 0 Å². The van der Waals surface area contributed by atoms with Crippen molar-refractivity contribution in [3.63, 3.8) is 0 Å². The minimum atomic E-state index is -0.767. The van der Waals surface area contributed by atoms with Gasteiger partial charge >= 0.3 is 5.97 Å². The molecule has 0 aromatic heterocycles. The van der Waals surface area contributed by atoms with Crippen LogP contribution in [0.25, 0.3) is 0 Å². The molecule has 3 aromatic rings. The summed E-state index contributed by atoms with van der Waals surface area (Å²) < 4.78 is 0. The van der Waals surface area contributed by atoms with Gasteiger partial charge < -0.3 is 5.11 Å². The summed E-state index contributed by atoms with van der Waals surface area (Å²) in [6, 6.07) is 29.4. The molecular weight excluding hydrogens is 396 g/mol. The van der Waals surface area contributed by atoms with E-state index in [0.717, 1.165) is 30.8 Å². The van der Waals surface area contributed by atoms with E-state index in [-0.39, 0.29) is 18.6 Å². The molecule has 4 nitrogen and oxygen atoms in total. The van der Waals surface area contributed by atoms with Crippen LogP contribution in [0.2, 0.25) is 0 Å². The van der Waals surface area contributed by atoms with E-state index in [4.69, 9.17) is 0 Å². The Morgan fingerprint density at radius 1 is 0.875 bits per heavy atom. The second-order valence-electron chi connectivity index (χ2n) is 8.26. The molecule has 0 unspecified atom stereocenters. The summed E-state index contributed by atoms with van der Waals surface area (Å²) in [5.74, 6) is 5.70. The molecule has 0 amide bonds. The first-order valence-corrected chi connectivity index (χ1v) is 11.0. The van der Waals surface area contributed by atoms with Gasteiger partial charge in [0.15, 0.2) is 0 Å². The Bertz CT molecular complexity index is 1090. The van der Waals surface area contributed by atoms with Crippen molar-refractivity contribution in [3.05, 3.63) is 107 Å². The molecule has 1 aliphatic rings. The molecule has 32 heavy (non-hydrogen) atoms. The molecule has 0 radical (unpaired) electrons. The van der Waals surface area contributed by atoms with Crippen LogP contribution in [-0.4, -0.2) is 53.1 Å². The number of benzene rings is 3. The van der Waals surface area contributed by atoms with Gasteiger partial charge in [-0.15, -0.1) is 0 Å². The lowest BCUT2D eigenvalue weighted by molar-refractivity contribution is -0.139. The second kappa shape index (κ2) is 10.3. The van der Waals surface area contributed by atoms with E-state index in [2.05, 4.69) is 72.2 Å². The van der Waals surface area contributed by atoms with E-state index in [9.17, 15) is 9.90 Å². The molecule has 2 atom stereocenters. The Morgan fingerprint density at radius 2 is 1.44 bits per heavy atom. The van der Waals surface area contributed by atoms with Crippen molar-refractivity contribution in [2.24, 2.45) is 0 Å². The van der Waals surface area contributed by atoms with E-state index < -0.39 is 5.97 Å². The van der Waals surface area contributed by atoms with Gasteiger partial charge in [0.25, 0.3) is 0 Å². The van der Waals surface area contributed by atoms with Gasteiger partial charge in [0.1, 0.15) is 0 Å². The number of aliphatic carboxylic acids is 1. The van der Waals surface area contributed by atoms with Crippen LogP contribution in [0.1, 0.15) is 35.2 Å². The first-order chi connectivity index (χ1) is 15.6. The van der Waals surface area contributed by atoms with Crippen molar-refractivity contribution in [2.45, 2.75) is 19.0 Å². The summed E-state index contributed by atoms with van der Waals surface area (Å²) in [7, 11) is 0. The molecular formula is C28H28N2O2. The maximum atomic E-state index is 11.2. The summed E-state index contributed by atoms with van der Waals surface area (Å²) in [5, 5.41) is 9.19. The lowest BCUT2D eigenvalue weighted by Crippen LogP contribution is -2.54. The number of piperazine rings is 1. The molecule has 0 aliphatic carbocycles. The van der Waals surface area contributed by atoms with Gasteiger partial charge in [-0.1, -0.05) is 72.5 Å². The van der Waals surface area contributed by atoms with Crippen LogP contribution in [-0.2, 0) is 4.79 Å². The highest BCUT2D eigenvalue weighted by molar-refractivity contribution is 5.69. The van der Waals surface area contributed by atoms with E-state index in [1.807, 2.05) is 41.3 Å². The largest absolute Gasteiger partial charge is 0.480 e. The van der Waals surface area contributed by atoms with Crippen LogP contribution in [0.15, 0.2) is 84.9 Å². The second-order valence-corrected chi connectivity index (χ2v) is 8.26. The Kier molecular flexibility index (Phi) is 7.01. The third-order valence-corrected chi connectivity index (χ3v) is 5.97. The maximum absolute atomic E-state index is 11.2. The zero-order valence-corrected chi connectivity index (χ0v) is 18.3. The number of hydrogen-bond donors (Lipinski definition) is 1. The lowest BCUT2D eigenvalue weighted by Gasteiger charge is -2.43. The smallest absolute Gasteiger partial charge is 0.317 e. The number of hydrogen-bond acceptors (Lipinski definition) is 3. The first kappa shape index (κ1) is 21.8. The summed E-state index contributed by atoms with van der Waals surface area (Å²) in [4.78, 5) is 15.7. The van der Waals surface area contributed by atoms with Crippen LogP contribution in [0.5, 0.6) is 0 Å². The average molecular weight is 425 g/mol. The van der Waals surface area contributed by atoms with E-state index in [0.29, 0.717) is 0 Å². The van der Waals surface area contributed by atoms with Crippen molar-refractivity contribution in [2.75, 3.05) is 26.2 Å². The zero-order chi connectivity index (χ0) is 22.3. The van der Waals surface area contributed by atoms with Crippen molar-refractivity contribution in [1.82, 2.24) is 9.80 Å². The molecule has 4 rings (SSSR count). The van der Waals surface area contributed by atoms with Crippen molar-refractivity contribution < 1.29 is 9.90 Å². The molecule has 1 saturated heterocycles. The molecule has 4 heteroatoms. The lowest BCUT2D eigenvalue weighted by atomic mass is 9.95. The molecule has 162 valence electrons. The normalized spacial score (nSPS) is 17.8. The zero-order valence-electron chi connectivity index (χ0n) is 18.3. The van der Waals surface area contributed by atoms with Crippen LogP contribution >= 0.6 is 0 Å². The minimum Gasteiger partial charge on any atom is -0.480 e. The van der Waals surface area contributed by atoms with Crippen molar-refractivity contribution in [3.8, 4) is 11.8 Å². The van der Waals surface area contributed by atoms with Gasteiger partial charge in [0.2, 0.25) is 0 Å². The highest BCUT2D eigenvalue weighted by Gasteiger charge is 2.30. The number of nitrogens with zero attached hydrogens (tertiary/aromatic N) is 2. The number of carboxylic acids is 1. The Hall–Kier alpha value is -3.39. The summed E-state index contributed by atoms with van der Waals surface area (Å²) in [6.07, 6.45) is 0. The van der Waals surface area contributed by atoms with Crippen LogP contribution in [0.3, 0.4) is 0 Å². The van der Waals surface area contributed by atoms with Crippen LogP contribution < -0.4 is 0 Å². The van der Waals surface area contributed by atoms with Crippen LogP contribution in [0.4, 0.5) is 0 Å². The Morgan fingerprint density at radius 3 is 2.03 bits per heavy atom. The fourth-order valence-corrected chi connectivity index (χ4v) is 4.33. The fraction of sp³-hybridized carbons (Fsp3) is 0.250. The maximum Gasteiger partial charge on any atom is 0.317 e. The highest BCUT2D eigenvalue weighted by Crippen LogP contribution is 2.30. The third-order valence-electron chi connectivity index (χ3n) is 5.97. The molecule has 1 heterocycles. The van der Waals surface area contributed by atoms with E-state index in [1.54, 1.807) is 0 Å². The number of carbonyl (C=O) groups is 1. The average Bonchev–Trinajstić information content (AvgIpc) is 2.82. The van der Waals surface area contributed by atoms with Gasteiger partial charge in [0, 0.05) is 36.8 Å². The number of carboxylic acid groups (broad SMARTS) is 1. The van der Waals surface area contributed by atoms with E-state index in [1.165, 1.54) is 11.1 Å². The Labute approximate surface area is 190 Å². The predicted molar refractivity (Wildman–Crippen MR) is 127 cm³/mol. The minimum absolute atomic E-state index is 0.0970. The monoisotopic (exact) mass is 424 g/mol. The fourth-order valence-electron chi connectivity index (χ4n) is 4.33. The quantitative estimate of drug-likeness (QED) is 0.622.